The van der Waals surface area contributed by atoms with Gasteiger partial charge in [-0.1, -0.05) is 49.7 Å². The molecule has 192 valence electrons. The highest BCUT2D eigenvalue weighted by molar-refractivity contribution is 7.92. The van der Waals surface area contributed by atoms with Crippen molar-refractivity contribution >= 4 is 39.1 Å². The average Bonchev–Trinajstić information content (AvgIpc) is 2.79. The van der Waals surface area contributed by atoms with E-state index in [4.69, 9.17) is 16.3 Å². The Morgan fingerprint density at radius 1 is 1.11 bits per heavy atom. The summed E-state index contributed by atoms with van der Waals surface area (Å²) in [4.78, 5) is 27.8. The maximum absolute atomic E-state index is 13.6. The molecule has 0 heterocycles. The van der Waals surface area contributed by atoms with Crippen LogP contribution in [0.25, 0.3) is 0 Å². The number of methoxy groups -OCH3 is 1. The van der Waals surface area contributed by atoms with Crippen LogP contribution in [-0.4, -0.2) is 57.6 Å². The summed E-state index contributed by atoms with van der Waals surface area (Å²) in [6, 6.07) is 11.2. The molecule has 2 aromatic carbocycles. The standard InChI is InChI=1S/C25H34ClN3O5S/c1-17(2)14-27-25(31)19(4)28(15-20-10-8-7-9-18(20)3)24(30)16-29(35(6,32)33)21-11-12-23(34-5)22(26)13-21/h7-13,17,19H,14-16H2,1-6H3,(H,27,31)/t19-/m1/s1. The fraction of sp³-hybridized carbons (Fsp3) is 0.440. The lowest BCUT2D eigenvalue weighted by molar-refractivity contribution is -0.139. The molecule has 1 N–H and O–H groups in total. The van der Waals surface area contributed by atoms with Gasteiger partial charge in [0.1, 0.15) is 18.3 Å². The van der Waals surface area contributed by atoms with Crippen molar-refractivity contribution < 1.29 is 22.7 Å². The Kier molecular flexibility index (Phi) is 9.97. The third kappa shape index (κ3) is 7.86. The molecule has 0 saturated carbocycles. The first-order valence-electron chi connectivity index (χ1n) is 11.3. The first-order valence-corrected chi connectivity index (χ1v) is 13.5. The Morgan fingerprint density at radius 2 is 1.77 bits per heavy atom. The number of aryl methyl sites for hydroxylation is 1. The number of rotatable bonds is 11. The number of ether oxygens (including phenoxy) is 1. The van der Waals surface area contributed by atoms with E-state index < -0.39 is 28.5 Å². The van der Waals surface area contributed by atoms with E-state index in [1.807, 2.05) is 45.0 Å². The maximum atomic E-state index is 13.6. The minimum absolute atomic E-state index is 0.155. The number of hydrogen-bond donors (Lipinski definition) is 1. The van der Waals surface area contributed by atoms with E-state index in [9.17, 15) is 18.0 Å². The summed E-state index contributed by atoms with van der Waals surface area (Å²) in [5, 5.41) is 3.07. The molecule has 35 heavy (non-hydrogen) atoms. The van der Waals surface area contributed by atoms with E-state index in [0.717, 1.165) is 21.7 Å². The number of carbonyl (C=O) groups is 2. The van der Waals surface area contributed by atoms with Crippen LogP contribution in [0.2, 0.25) is 5.02 Å². The summed E-state index contributed by atoms with van der Waals surface area (Å²) in [6.07, 6.45) is 1.02. The van der Waals surface area contributed by atoms with E-state index >= 15 is 0 Å². The van der Waals surface area contributed by atoms with Crippen molar-refractivity contribution in [2.45, 2.75) is 40.3 Å². The number of amides is 2. The van der Waals surface area contributed by atoms with Crippen molar-refractivity contribution in [3.05, 3.63) is 58.6 Å². The van der Waals surface area contributed by atoms with Crippen molar-refractivity contribution in [2.75, 3.05) is 30.8 Å². The second-order valence-corrected chi connectivity index (χ2v) is 11.2. The number of nitrogens with zero attached hydrogens (tertiary/aromatic N) is 2. The third-order valence-electron chi connectivity index (χ3n) is 5.56. The van der Waals surface area contributed by atoms with Crippen LogP contribution in [0.15, 0.2) is 42.5 Å². The van der Waals surface area contributed by atoms with Crippen LogP contribution in [0.1, 0.15) is 31.9 Å². The molecule has 0 saturated heterocycles. The summed E-state index contributed by atoms with van der Waals surface area (Å²) in [7, 11) is -2.39. The SMILES string of the molecule is COc1ccc(N(CC(=O)N(Cc2ccccc2C)[C@H](C)C(=O)NCC(C)C)S(C)(=O)=O)cc1Cl. The number of sulfonamides is 1. The molecule has 0 aliphatic rings. The zero-order valence-electron chi connectivity index (χ0n) is 21.0. The van der Waals surface area contributed by atoms with E-state index in [1.54, 1.807) is 6.92 Å². The first kappa shape index (κ1) is 28.5. The minimum Gasteiger partial charge on any atom is -0.495 e. The van der Waals surface area contributed by atoms with Gasteiger partial charge in [-0.25, -0.2) is 8.42 Å². The van der Waals surface area contributed by atoms with Crippen LogP contribution >= 0.6 is 11.6 Å². The normalized spacial score (nSPS) is 12.2. The molecular weight excluding hydrogens is 490 g/mol. The van der Waals surface area contributed by atoms with Crippen LogP contribution in [0.4, 0.5) is 5.69 Å². The van der Waals surface area contributed by atoms with Crippen LogP contribution < -0.4 is 14.4 Å². The van der Waals surface area contributed by atoms with Gasteiger partial charge in [-0.2, -0.15) is 0 Å². The molecule has 0 unspecified atom stereocenters. The van der Waals surface area contributed by atoms with Crippen LogP contribution in [0.3, 0.4) is 0 Å². The number of carbonyl (C=O) groups excluding carboxylic acids is 2. The van der Waals surface area contributed by atoms with Crippen LogP contribution in [0, 0.1) is 12.8 Å². The van der Waals surface area contributed by atoms with Crippen molar-refractivity contribution in [2.24, 2.45) is 5.92 Å². The fourth-order valence-electron chi connectivity index (χ4n) is 3.43. The topological polar surface area (TPSA) is 96.0 Å². The van der Waals surface area contributed by atoms with E-state index in [-0.39, 0.29) is 29.1 Å². The smallest absolute Gasteiger partial charge is 0.244 e. The fourth-order valence-corrected chi connectivity index (χ4v) is 4.52. The number of nitrogens with one attached hydrogen (secondary N) is 1. The summed E-state index contributed by atoms with van der Waals surface area (Å²) < 4.78 is 31.4. The van der Waals surface area contributed by atoms with Gasteiger partial charge in [0.05, 0.1) is 24.1 Å². The zero-order valence-corrected chi connectivity index (χ0v) is 22.6. The Labute approximate surface area is 213 Å². The Bertz CT molecular complexity index is 1150. The van der Waals surface area contributed by atoms with Crippen molar-refractivity contribution in [3.63, 3.8) is 0 Å². The highest BCUT2D eigenvalue weighted by Crippen LogP contribution is 2.30. The second-order valence-electron chi connectivity index (χ2n) is 8.85. The van der Waals surface area contributed by atoms with Crippen molar-refractivity contribution in [3.8, 4) is 5.75 Å². The Hall–Kier alpha value is -2.78. The minimum atomic E-state index is -3.85. The predicted octanol–water partition coefficient (Wildman–Crippen LogP) is 3.61. The molecule has 0 fully saturated rings. The monoisotopic (exact) mass is 523 g/mol. The second kappa shape index (κ2) is 12.3. The van der Waals surface area contributed by atoms with Gasteiger partial charge in [0.2, 0.25) is 21.8 Å². The Morgan fingerprint density at radius 3 is 2.31 bits per heavy atom. The summed E-state index contributed by atoms with van der Waals surface area (Å²) in [5.74, 6) is -0.198. The van der Waals surface area contributed by atoms with Gasteiger partial charge >= 0.3 is 0 Å². The highest BCUT2D eigenvalue weighted by Gasteiger charge is 2.30. The first-order chi connectivity index (χ1) is 16.3. The molecule has 0 bridgehead atoms. The van der Waals surface area contributed by atoms with Crippen LogP contribution in [-0.2, 0) is 26.2 Å². The average molecular weight is 524 g/mol. The quantitative estimate of drug-likeness (QED) is 0.485. The third-order valence-corrected chi connectivity index (χ3v) is 6.99. The molecule has 2 aromatic rings. The number of benzene rings is 2. The lowest BCUT2D eigenvalue weighted by Crippen LogP contribution is -2.51. The number of anilines is 1. The van der Waals surface area contributed by atoms with Gasteiger partial charge < -0.3 is 15.0 Å². The predicted molar refractivity (Wildman–Crippen MR) is 139 cm³/mol. The van der Waals surface area contributed by atoms with Gasteiger partial charge in [-0.15, -0.1) is 0 Å². The molecule has 0 aromatic heterocycles. The van der Waals surface area contributed by atoms with Gasteiger partial charge in [-0.3, -0.25) is 13.9 Å². The number of halogens is 1. The molecule has 0 spiro atoms. The molecule has 10 heteroatoms. The molecule has 0 radical (unpaired) electrons. The molecule has 8 nitrogen and oxygen atoms in total. The van der Waals surface area contributed by atoms with E-state index in [1.165, 1.54) is 30.2 Å². The maximum Gasteiger partial charge on any atom is 0.244 e. The lowest BCUT2D eigenvalue weighted by Gasteiger charge is -2.32. The Balaban J connectivity index is 2.41. The van der Waals surface area contributed by atoms with Gasteiger partial charge in [0.25, 0.3) is 0 Å². The van der Waals surface area contributed by atoms with E-state index in [0.29, 0.717) is 12.3 Å². The molecular formula is C25H34ClN3O5S. The van der Waals surface area contributed by atoms with E-state index in [2.05, 4.69) is 5.32 Å². The van der Waals surface area contributed by atoms with Crippen molar-refractivity contribution in [1.82, 2.24) is 10.2 Å². The van der Waals surface area contributed by atoms with Gasteiger partial charge in [0, 0.05) is 13.1 Å². The summed E-state index contributed by atoms with van der Waals surface area (Å²) in [6.45, 7) is 7.65. The van der Waals surface area contributed by atoms with Crippen LogP contribution in [0.5, 0.6) is 5.75 Å². The highest BCUT2D eigenvalue weighted by atomic mass is 35.5. The van der Waals surface area contributed by atoms with Crippen molar-refractivity contribution in [1.29, 1.82) is 0 Å². The molecule has 0 aliphatic carbocycles. The molecule has 0 aliphatic heterocycles. The largest absolute Gasteiger partial charge is 0.495 e. The molecule has 2 amide bonds. The molecule has 1 atom stereocenters. The van der Waals surface area contributed by atoms with Gasteiger partial charge in [0.15, 0.2) is 0 Å². The lowest BCUT2D eigenvalue weighted by atomic mass is 10.1. The summed E-state index contributed by atoms with van der Waals surface area (Å²) in [5.41, 5.74) is 2.05. The zero-order chi connectivity index (χ0) is 26.3. The number of hydrogen-bond acceptors (Lipinski definition) is 5. The van der Waals surface area contributed by atoms with Gasteiger partial charge in [-0.05, 0) is 49.1 Å². The molecule has 2 rings (SSSR count). The summed E-state index contributed by atoms with van der Waals surface area (Å²) >= 11 is 6.21.